The number of aryl methyl sites for hydroxylation is 1. The molecule has 0 aliphatic carbocycles. The third-order valence-electron chi connectivity index (χ3n) is 5.49. The van der Waals surface area contributed by atoms with Gasteiger partial charge in [0, 0.05) is 45.1 Å². The van der Waals surface area contributed by atoms with E-state index in [0.717, 1.165) is 13.3 Å². The van der Waals surface area contributed by atoms with Crippen LogP contribution in [0, 0.1) is 0 Å². The van der Waals surface area contributed by atoms with Crippen molar-refractivity contribution in [1.29, 1.82) is 0 Å². The minimum atomic E-state index is -4.49. The van der Waals surface area contributed by atoms with E-state index in [1.807, 2.05) is 13.8 Å². The van der Waals surface area contributed by atoms with E-state index in [1.54, 1.807) is 33.3 Å². The van der Waals surface area contributed by atoms with Gasteiger partial charge >= 0.3 is 12.1 Å². The number of nitrogens with one attached hydrogen (secondary N) is 1. The third kappa shape index (κ3) is 6.62. The Hall–Kier alpha value is -3.10. The van der Waals surface area contributed by atoms with Crippen LogP contribution in [0.4, 0.5) is 4.79 Å². The van der Waals surface area contributed by atoms with Crippen molar-refractivity contribution < 1.29 is 32.3 Å². The molecular formula is C23H31N5O7S2. The van der Waals surface area contributed by atoms with Crippen LogP contribution in [-0.2, 0) is 37.8 Å². The topological polar surface area (TPSA) is 140 Å². The molecule has 202 valence electrons. The molecular weight excluding hydrogens is 522 g/mol. The quantitative estimate of drug-likeness (QED) is 0.475. The maximum Gasteiger partial charge on any atom is 0.414 e. The van der Waals surface area contributed by atoms with E-state index in [-0.39, 0.29) is 17.1 Å². The SMILES string of the molecule is COC(=O)[C@H](Cc1ccc(OC(=O)N(C)C)cc1)N(C(=O)[C@H]1NC(C)(C)CS1)S(=O)(=O)c1cnn(C)c1. The Labute approximate surface area is 220 Å². The van der Waals surface area contributed by atoms with Crippen molar-refractivity contribution in [2.45, 2.75) is 42.1 Å². The van der Waals surface area contributed by atoms with Gasteiger partial charge in [0.2, 0.25) is 0 Å². The standard InChI is InChI=1S/C23H31N5O7S2/c1-23(2)14-36-19(25-23)20(29)28(37(32,33)17-12-24-27(5)13-17)18(21(30)34-6)11-15-7-9-16(10-8-15)35-22(31)26(3)4/h7-10,12-13,18-19,25H,11,14H2,1-6H3/t18-,19-/m0/s1. The first kappa shape index (κ1) is 28.5. The normalized spacial score (nSPS) is 17.6. The van der Waals surface area contributed by atoms with E-state index in [1.165, 1.54) is 39.7 Å². The van der Waals surface area contributed by atoms with Crippen LogP contribution in [0.25, 0.3) is 0 Å². The summed E-state index contributed by atoms with van der Waals surface area (Å²) in [5.74, 6) is -0.848. The van der Waals surface area contributed by atoms with Gasteiger partial charge in [-0.1, -0.05) is 12.1 Å². The molecule has 1 aromatic heterocycles. The Morgan fingerprint density at radius 2 is 1.89 bits per heavy atom. The fourth-order valence-electron chi connectivity index (χ4n) is 3.57. The Morgan fingerprint density at radius 3 is 2.38 bits per heavy atom. The van der Waals surface area contributed by atoms with Gasteiger partial charge in [-0.2, -0.15) is 5.10 Å². The number of carbonyl (C=O) groups excluding carboxylic acids is 3. The van der Waals surface area contributed by atoms with Gasteiger partial charge in [0.15, 0.2) is 0 Å². The number of esters is 1. The number of aromatic nitrogens is 2. The number of thioether (sulfide) groups is 1. The number of rotatable bonds is 8. The summed E-state index contributed by atoms with van der Waals surface area (Å²) in [6.07, 6.45) is 1.65. The van der Waals surface area contributed by atoms with E-state index in [2.05, 4.69) is 10.4 Å². The zero-order valence-corrected chi connectivity index (χ0v) is 23.1. The molecule has 2 aromatic rings. The number of sulfonamides is 1. The van der Waals surface area contributed by atoms with Crippen molar-refractivity contribution >= 4 is 39.8 Å². The average Bonchev–Trinajstić information content (AvgIpc) is 3.44. The number of carbonyl (C=O) groups is 3. The Morgan fingerprint density at radius 1 is 1.24 bits per heavy atom. The molecule has 0 unspecified atom stereocenters. The highest BCUT2D eigenvalue weighted by Gasteiger charge is 2.46. The van der Waals surface area contributed by atoms with Crippen LogP contribution >= 0.6 is 11.8 Å². The lowest BCUT2D eigenvalue weighted by atomic mass is 10.1. The summed E-state index contributed by atoms with van der Waals surface area (Å²) in [5, 5.41) is 6.16. The number of amides is 2. The predicted molar refractivity (Wildman–Crippen MR) is 136 cm³/mol. The van der Waals surface area contributed by atoms with Crippen LogP contribution in [0.1, 0.15) is 19.4 Å². The maximum absolute atomic E-state index is 13.7. The highest BCUT2D eigenvalue weighted by atomic mass is 32.2. The smallest absolute Gasteiger partial charge is 0.414 e. The van der Waals surface area contributed by atoms with Crippen molar-refractivity contribution in [2.24, 2.45) is 7.05 Å². The summed E-state index contributed by atoms with van der Waals surface area (Å²) in [4.78, 5) is 39.5. The minimum Gasteiger partial charge on any atom is -0.467 e. The van der Waals surface area contributed by atoms with Gasteiger partial charge in [-0.25, -0.2) is 22.3 Å². The largest absolute Gasteiger partial charge is 0.467 e. The molecule has 2 heterocycles. The molecule has 1 aliphatic rings. The van der Waals surface area contributed by atoms with Crippen molar-refractivity contribution in [3.05, 3.63) is 42.2 Å². The fraction of sp³-hybridized carbons (Fsp3) is 0.478. The molecule has 37 heavy (non-hydrogen) atoms. The molecule has 0 radical (unpaired) electrons. The van der Waals surface area contributed by atoms with Crippen molar-refractivity contribution in [3.63, 3.8) is 0 Å². The number of hydrogen-bond donors (Lipinski definition) is 1. The van der Waals surface area contributed by atoms with Crippen LogP contribution in [-0.4, -0.2) is 89.3 Å². The maximum atomic E-state index is 13.7. The van der Waals surface area contributed by atoms with Gasteiger partial charge in [0.25, 0.3) is 15.9 Å². The molecule has 0 saturated carbocycles. The molecule has 12 nitrogen and oxygen atoms in total. The summed E-state index contributed by atoms with van der Waals surface area (Å²) >= 11 is 1.26. The molecule has 1 aliphatic heterocycles. The number of benzene rings is 1. The van der Waals surface area contributed by atoms with E-state index in [4.69, 9.17) is 9.47 Å². The van der Waals surface area contributed by atoms with Gasteiger partial charge in [-0.15, -0.1) is 11.8 Å². The van der Waals surface area contributed by atoms with E-state index in [0.29, 0.717) is 15.6 Å². The second-order valence-electron chi connectivity index (χ2n) is 9.36. The highest BCUT2D eigenvalue weighted by molar-refractivity contribution is 8.01. The van der Waals surface area contributed by atoms with Gasteiger partial charge in [-0.05, 0) is 31.5 Å². The minimum absolute atomic E-state index is 0.166. The van der Waals surface area contributed by atoms with Crippen LogP contribution in [0.3, 0.4) is 0 Å². The first-order valence-corrected chi connectivity index (χ1v) is 13.8. The molecule has 1 aromatic carbocycles. The summed E-state index contributed by atoms with van der Waals surface area (Å²) < 4.78 is 39.5. The van der Waals surface area contributed by atoms with Crippen LogP contribution in [0.5, 0.6) is 5.75 Å². The fourth-order valence-corrected chi connectivity index (χ4v) is 6.49. The molecule has 2 amide bonds. The van der Waals surface area contributed by atoms with Crippen LogP contribution in [0.2, 0.25) is 0 Å². The summed E-state index contributed by atoms with van der Waals surface area (Å²) in [7, 11) is 1.28. The number of hydrogen-bond acceptors (Lipinski definition) is 10. The van der Waals surface area contributed by atoms with Crippen LogP contribution in [0.15, 0.2) is 41.6 Å². The summed E-state index contributed by atoms with van der Waals surface area (Å²) in [6, 6.07) is 4.70. The lowest BCUT2D eigenvalue weighted by Gasteiger charge is -2.31. The lowest BCUT2D eigenvalue weighted by molar-refractivity contribution is -0.149. The number of methoxy groups -OCH3 is 1. The molecule has 1 fully saturated rings. The first-order chi connectivity index (χ1) is 17.2. The molecule has 14 heteroatoms. The van der Waals surface area contributed by atoms with Gasteiger partial charge in [-0.3, -0.25) is 14.8 Å². The zero-order chi connectivity index (χ0) is 27.5. The summed E-state index contributed by atoms with van der Waals surface area (Å²) in [5.41, 5.74) is 0.113. The second-order valence-corrected chi connectivity index (χ2v) is 12.3. The molecule has 0 spiro atoms. The van der Waals surface area contributed by atoms with Crippen molar-refractivity contribution in [1.82, 2.24) is 24.3 Å². The van der Waals surface area contributed by atoms with Gasteiger partial charge in [0.1, 0.15) is 22.1 Å². The molecule has 1 saturated heterocycles. The Balaban J connectivity index is 2.00. The number of nitrogens with zero attached hydrogens (tertiary/aromatic N) is 4. The lowest BCUT2D eigenvalue weighted by Crippen LogP contribution is -2.55. The first-order valence-electron chi connectivity index (χ1n) is 11.3. The van der Waals surface area contributed by atoms with Crippen molar-refractivity contribution in [2.75, 3.05) is 27.0 Å². The Bertz CT molecular complexity index is 1260. The average molecular weight is 554 g/mol. The Kier molecular flexibility index (Phi) is 8.55. The zero-order valence-electron chi connectivity index (χ0n) is 21.5. The monoisotopic (exact) mass is 553 g/mol. The molecule has 2 atom stereocenters. The van der Waals surface area contributed by atoms with E-state index in [9.17, 15) is 22.8 Å². The highest BCUT2D eigenvalue weighted by Crippen LogP contribution is 2.31. The second kappa shape index (κ2) is 11.1. The molecule has 1 N–H and O–H groups in total. The van der Waals surface area contributed by atoms with Gasteiger partial charge in [0.05, 0.1) is 13.3 Å². The number of ether oxygens (including phenoxy) is 2. The predicted octanol–water partition coefficient (Wildman–Crippen LogP) is 1.22. The van der Waals surface area contributed by atoms with Crippen molar-refractivity contribution in [3.8, 4) is 5.75 Å². The molecule has 0 bridgehead atoms. The van der Waals surface area contributed by atoms with E-state index < -0.39 is 44.9 Å². The van der Waals surface area contributed by atoms with Crippen LogP contribution < -0.4 is 10.1 Å². The van der Waals surface area contributed by atoms with E-state index >= 15 is 0 Å². The third-order valence-corrected chi connectivity index (χ3v) is 8.79. The summed E-state index contributed by atoms with van der Waals surface area (Å²) in [6.45, 7) is 3.80. The molecule has 3 rings (SSSR count). The van der Waals surface area contributed by atoms with Gasteiger partial charge < -0.3 is 14.4 Å².